The lowest BCUT2D eigenvalue weighted by molar-refractivity contribution is -0.144. The van der Waals surface area contributed by atoms with Gasteiger partial charge in [-0.2, -0.15) is 13.2 Å². The number of aromatic nitrogens is 3. The summed E-state index contributed by atoms with van der Waals surface area (Å²) >= 11 is 0. The molecule has 0 saturated carbocycles. The molecular weight excluding hydrogens is 235 g/mol. The molecule has 1 rings (SSSR count). The molecule has 1 aromatic rings. The Morgan fingerprint density at radius 1 is 1.35 bits per heavy atom. The standard InChI is InChI=1S/C9H16F3N5/c1-16(2)4-3-5-17-8(9(10,11)12)7(6-13)14-15-17/h3-6,13H2,1-2H3. The Labute approximate surface area is 97.4 Å². The summed E-state index contributed by atoms with van der Waals surface area (Å²) in [6.45, 7) is 0.609. The van der Waals surface area contributed by atoms with Crippen LogP contribution in [0.5, 0.6) is 0 Å². The summed E-state index contributed by atoms with van der Waals surface area (Å²) in [5, 5.41) is 6.95. The minimum atomic E-state index is -4.46. The van der Waals surface area contributed by atoms with Crippen LogP contribution in [-0.2, 0) is 19.3 Å². The van der Waals surface area contributed by atoms with Crippen LogP contribution in [0.3, 0.4) is 0 Å². The van der Waals surface area contributed by atoms with E-state index in [9.17, 15) is 13.2 Å². The van der Waals surface area contributed by atoms with Gasteiger partial charge < -0.3 is 10.6 Å². The highest BCUT2D eigenvalue weighted by Crippen LogP contribution is 2.30. The molecule has 0 saturated heterocycles. The molecule has 0 aromatic carbocycles. The topological polar surface area (TPSA) is 60.0 Å². The fourth-order valence-corrected chi connectivity index (χ4v) is 1.49. The smallest absolute Gasteiger partial charge is 0.325 e. The van der Waals surface area contributed by atoms with Gasteiger partial charge in [-0.1, -0.05) is 5.21 Å². The monoisotopic (exact) mass is 251 g/mol. The molecule has 0 amide bonds. The van der Waals surface area contributed by atoms with Crippen LogP contribution in [0.4, 0.5) is 13.2 Å². The molecule has 0 aliphatic rings. The summed E-state index contributed by atoms with van der Waals surface area (Å²) in [6, 6.07) is 0. The number of hydrogen-bond donors (Lipinski definition) is 1. The lowest BCUT2D eigenvalue weighted by atomic mass is 10.3. The second-order valence-corrected chi connectivity index (χ2v) is 3.97. The Morgan fingerprint density at radius 3 is 2.47 bits per heavy atom. The highest BCUT2D eigenvalue weighted by atomic mass is 19.4. The van der Waals surface area contributed by atoms with Crippen molar-refractivity contribution in [2.45, 2.75) is 25.7 Å². The summed E-state index contributed by atoms with van der Waals surface area (Å²) in [7, 11) is 3.72. The number of nitrogens with two attached hydrogens (primary N) is 1. The van der Waals surface area contributed by atoms with E-state index in [0.29, 0.717) is 13.0 Å². The molecule has 0 spiro atoms. The molecule has 1 aromatic heterocycles. The van der Waals surface area contributed by atoms with Crippen molar-refractivity contribution in [3.63, 3.8) is 0 Å². The number of alkyl halides is 3. The van der Waals surface area contributed by atoms with Crippen LogP contribution in [-0.4, -0.2) is 40.5 Å². The van der Waals surface area contributed by atoms with E-state index < -0.39 is 11.9 Å². The normalized spacial score (nSPS) is 12.4. The van der Waals surface area contributed by atoms with Crippen LogP contribution in [0.25, 0.3) is 0 Å². The van der Waals surface area contributed by atoms with Gasteiger partial charge in [-0.05, 0) is 27.1 Å². The molecule has 0 atom stereocenters. The summed E-state index contributed by atoms with van der Waals surface area (Å²) in [4.78, 5) is 1.90. The quantitative estimate of drug-likeness (QED) is 0.837. The van der Waals surface area contributed by atoms with E-state index in [2.05, 4.69) is 10.3 Å². The third kappa shape index (κ3) is 3.67. The zero-order chi connectivity index (χ0) is 13.1. The Kier molecular flexibility index (Phi) is 4.47. The highest BCUT2D eigenvalue weighted by Gasteiger charge is 2.38. The van der Waals surface area contributed by atoms with Gasteiger partial charge in [0.25, 0.3) is 0 Å². The molecule has 0 aliphatic carbocycles. The lowest BCUT2D eigenvalue weighted by Crippen LogP contribution is -2.20. The summed E-state index contributed by atoms with van der Waals surface area (Å²) < 4.78 is 39.1. The van der Waals surface area contributed by atoms with E-state index in [1.54, 1.807) is 0 Å². The fourth-order valence-electron chi connectivity index (χ4n) is 1.49. The van der Waals surface area contributed by atoms with E-state index in [1.165, 1.54) is 0 Å². The van der Waals surface area contributed by atoms with Gasteiger partial charge in [-0.25, -0.2) is 4.68 Å². The molecule has 0 bridgehead atoms. The van der Waals surface area contributed by atoms with E-state index >= 15 is 0 Å². The minimum Gasteiger partial charge on any atom is -0.325 e. The first-order chi connectivity index (χ1) is 7.86. The number of aryl methyl sites for hydroxylation is 1. The SMILES string of the molecule is CN(C)CCCn1nnc(CN)c1C(F)(F)F. The number of rotatable bonds is 5. The maximum atomic E-state index is 12.7. The van der Waals surface area contributed by atoms with Crippen molar-refractivity contribution in [2.75, 3.05) is 20.6 Å². The molecule has 8 heteroatoms. The molecular formula is C9H16F3N5. The average molecular weight is 251 g/mol. The van der Waals surface area contributed by atoms with Crippen LogP contribution in [0.15, 0.2) is 0 Å². The van der Waals surface area contributed by atoms with E-state index in [4.69, 9.17) is 5.73 Å². The van der Waals surface area contributed by atoms with Crippen LogP contribution in [0.2, 0.25) is 0 Å². The van der Waals surface area contributed by atoms with E-state index in [-0.39, 0.29) is 18.8 Å². The second-order valence-electron chi connectivity index (χ2n) is 3.97. The van der Waals surface area contributed by atoms with E-state index in [1.807, 2.05) is 19.0 Å². The zero-order valence-corrected chi connectivity index (χ0v) is 9.83. The van der Waals surface area contributed by atoms with Crippen molar-refractivity contribution >= 4 is 0 Å². The van der Waals surface area contributed by atoms with Crippen molar-refractivity contribution in [1.82, 2.24) is 19.9 Å². The van der Waals surface area contributed by atoms with Gasteiger partial charge in [-0.3, -0.25) is 0 Å². The van der Waals surface area contributed by atoms with Crippen LogP contribution < -0.4 is 5.73 Å². The van der Waals surface area contributed by atoms with Gasteiger partial charge in [-0.15, -0.1) is 5.10 Å². The largest absolute Gasteiger partial charge is 0.434 e. The molecule has 2 N–H and O–H groups in total. The van der Waals surface area contributed by atoms with Gasteiger partial charge in [0.05, 0.1) is 0 Å². The Morgan fingerprint density at radius 2 is 2.00 bits per heavy atom. The summed E-state index contributed by atoms with van der Waals surface area (Å²) in [5.41, 5.74) is 4.17. The molecule has 5 nitrogen and oxygen atoms in total. The Balaban J connectivity index is 2.82. The van der Waals surface area contributed by atoms with Crippen molar-refractivity contribution in [3.8, 4) is 0 Å². The minimum absolute atomic E-state index is 0.181. The van der Waals surface area contributed by atoms with Crippen LogP contribution in [0.1, 0.15) is 17.8 Å². The second kappa shape index (κ2) is 5.46. The molecule has 98 valence electrons. The number of halogens is 3. The Hall–Kier alpha value is -1.15. The van der Waals surface area contributed by atoms with Crippen molar-refractivity contribution in [3.05, 3.63) is 11.4 Å². The number of hydrogen-bond acceptors (Lipinski definition) is 4. The molecule has 1 heterocycles. The van der Waals surface area contributed by atoms with Gasteiger partial charge in [0.15, 0.2) is 5.69 Å². The highest BCUT2D eigenvalue weighted by molar-refractivity contribution is 5.13. The molecule has 0 fully saturated rings. The first-order valence-corrected chi connectivity index (χ1v) is 5.20. The molecule has 17 heavy (non-hydrogen) atoms. The first kappa shape index (κ1) is 13.9. The number of nitrogens with zero attached hydrogens (tertiary/aromatic N) is 4. The molecule has 0 aliphatic heterocycles. The van der Waals surface area contributed by atoms with Crippen LogP contribution >= 0.6 is 0 Å². The summed E-state index contributed by atoms with van der Waals surface area (Å²) in [5.74, 6) is 0. The first-order valence-electron chi connectivity index (χ1n) is 5.20. The third-order valence-electron chi connectivity index (χ3n) is 2.24. The van der Waals surface area contributed by atoms with Crippen molar-refractivity contribution in [1.29, 1.82) is 0 Å². The fraction of sp³-hybridized carbons (Fsp3) is 0.778. The van der Waals surface area contributed by atoms with Gasteiger partial charge in [0.2, 0.25) is 0 Å². The van der Waals surface area contributed by atoms with Gasteiger partial charge in [0.1, 0.15) is 5.69 Å². The zero-order valence-electron chi connectivity index (χ0n) is 9.83. The van der Waals surface area contributed by atoms with Crippen molar-refractivity contribution < 1.29 is 13.2 Å². The Bertz CT molecular complexity index is 358. The predicted octanol–water partition coefficient (Wildman–Crippen LogP) is 0.707. The van der Waals surface area contributed by atoms with Crippen LogP contribution in [0, 0.1) is 0 Å². The lowest BCUT2D eigenvalue weighted by Gasteiger charge is -2.12. The van der Waals surface area contributed by atoms with Gasteiger partial charge in [0, 0.05) is 13.1 Å². The maximum absolute atomic E-state index is 12.7. The third-order valence-corrected chi connectivity index (χ3v) is 2.24. The predicted molar refractivity (Wildman–Crippen MR) is 56.1 cm³/mol. The van der Waals surface area contributed by atoms with Gasteiger partial charge >= 0.3 is 6.18 Å². The summed E-state index contributed by atoms with van der Waals surface area (Å²) in [6.07, 6.45) is -3.89. The van der Waals surface area contributed by atoms with E-state index in [0.717, 1.165) is 4.68 Å². The molecule has 0 radical (unpaired) electrons. The van der Waals surface area contributed by atoms with Crippen molar-refractivity contribution in [2.24, 2.45) is 5.73 Å². The maximum Gasteiger partial charge on any atom is 0.434 e. The molecule has 0 unspecified atom stereocenters. The average Bonchev–Trinajstić information content (AvgIpc) is 2.59.